The van der Waals surface area contributed by atoms with Gasteiger partial charge in [-0.25, -0.2) is 0 Å². The Balaban J connectivity index is 3.03. The Morgan fingerprint density at radius 2 is 1.37 bits per heavy atom. The van der Waals surface area contributed by atoms with Crippen molar-refractivity contribution in [3.05, 3.63) is 0 Å². The van der Waals surface area contributed by atoms with Crippen molar-refractivity contribution in [3.63, 3.8) is 0 Å². The van der Waals surface area contributed by atoms with Crippen LogP contribution < -0.4 is 0 Å². The van der Waals surface area contributed by atoms with Crippen LogP contribution in [0.4, 0.5) is 26.3 Å². The van der Waals surface area contributed by atoms with E-state index in [2.05, 4.69) is 9.47 Å². The molecule has 0 spiro atoms. The van der Waals surface area contributed by atoms with Crippen LogP contribution in [-0.2, 0) is 9.47 Å². The first-order valence-electron chi connectivity index (χ1n) is 6.08. The molecule has 1 aliphatic rings. The molecule has 19 heavy (non-hydrogen) atoms. The number of ether oxygens (including phenoxy) is 2. The molecular weight excluding hydrogens is 278 g/mol. The Morgan fingerprint density at radius 1 is 0.895 bits per heavy atom. The average molecular weight is 294 g/mol. The first kappa shape index (κ1) is 16.6. The van der Waals surface area contributed by atoms with Gasteiger partial charge in [0.1, 0.15) is 0 Å². The lowest BCUT2D eigenvalue weighted by atomic mass is 10.1. The van der Waals surface area contributed by atoms with E-state index in [1.807, 2.05) is 0 Å². The topological polar surface area (TPSA) is 18.5 Å². The Bertz CT molecular complexity index is 285. The second kappa shape index (κ2) is 5.47. The molecule has 2 atom stereocenters. The van der Waals surface area contributed by atoms with Crippen molar-refractivity contribution < 1.29 is 35.8 Å². The van der Waals surface area contributed by atoms with Gasteiger partial charge in [-0.3, -0.25) is 0 Å². The number of hydrogen-bond acceptors (Lipinski definition) is 2. The van der Waals surface area contributed by atoms with Gasteiger partial charge in [0.05, 0.1) is 12.2 Å². The monoisotopic (exact) mass is 294 g/mol. The van der Waals surface area contributed by atoms with Gasteiger partial charge in [-0.2, -0.15) is 26.3 Å². The largest absolute Gasteiger partial charge is 0.453 e. The predicted molar refractivity (Wildman–Crippen MR) is 54.4 cm³/mol. The van der Waals surface area contributed by atoms with E-state index in [1.165, 1.54) is 6.92 Å². The zero-order chi connectivity index (χ0) is 14.9. The number of unbranched alkanes of at least 4 members (excludes halogenated alkanes) is 1. The quantitative estimate of drug-likeness (QED) is 0.724. The fourth-order valence-electron chi connectivity index (χ4n) is 2.03. The summed E-state index contributed by atoms with van der Waals surface area (Å²) in [6, 6.07) is 0. The summed E-state index contributed by atoms with van der Waals surface area (Å²) in [5.74, 6) is -4.49. The molecule has 2 unspecified atom stereocenters. The highest BCUT2D eigenvalue weighted by atomic mass is 19.4. The van der Waals surface area contributed by atoms with Crippen molar-refractivity contribution in [2.24, 2.45) is 0 Å². The summed E-state index contributed by atoms with van der Waals surface area (Å²) < 4.78 is 85.1. The van der Waals surface area contributed by atoms with E-state index < -0.39 is 30.3 Å². The molecule has 0 bridgehead atoms. The van der Waals surface area contributed by atoms with Gasteiger partial charge in [-0.05, 0) is 12.8 Å². The summed E-state index contributed by atoms with van der Waals surface area (Å²) in [6.07, 6.45) is -12.4. The van der Waals surface area contributed by atoms with Crippen molar-refractivity contribution in [2.45, 2.75) is 69.9 Å². The zero-order valence-electron chi connectivity index (χ0n) is 10.6. The van der Waals surface area contributed by atoms with Crippen molar-refractivity contribution in [2.75, 3.05) is 0 Å². The highest BCUT2D eigenvalue weighted by Gasteiger charge is 2.78. The second-order valence-corrected chi connectivity index (χ2v) is 4.48. The van der Waals surface area contributed by atoms with Crippen LogP contribution in [-0.4, -0.2) is 30.3 Å². The van der Waals surface area contributed by atoms with Gasteiger partial charge in [0.2, 0.25) is 0 Å². The van der Waals surface area contributed by atoms with E-state index in [0.29, 0.717) is 12.8 Å². The minimum atomic E-state index is -5.65. The van der Waals surface area contributed by atoms with Crippen LogP contribution in [0, 0.1) is 0 Å². The molecule has 8 heteroatoms. The molecule has 1 saturated heterocycles. The van der Waals surface area contributed by atoms with Gasteiger partial charge in [0.15, 0.2) is 0 Å². The van der Waals surface area contributed by atoms with Crippen molar-refractivity contribution >= 4 is 0 Å². The molecule has 0 aromatic heterocycles. The molecule has 1 rings (SSSR count). The van der Waals surface area contributed by atoms with E-state index in [-0.39, 0.29) is 12.8 Å². The Labute approximate surface area is 107 Å². The third-order valence-corrected chi connectivity index (χ3v) is 3.04. The maximum absolute atomic E-state index is 12.7. The average Bonchev–Trinajstić information content (AvgIpc) is 2.65. The molecule has 1 fully saturated rings. The Kier molecular flexibility index (Phi) is 4.77. The molecule has 1 aliphatic heterocycles. The molecule has 0 aromatic carbocycles. The van der Waals surface area contributed by atoms with Crippen LogP contribution in [0.1, 0.15) is 39.5 Å². The first-order valence-corrected chi connectivity index (χ1v) is 6.08. The summed E-state index contributed by atoms with van der Waals surface area (Å²) in [5, 5.41) is 0. The van der Waals surface area contributed by atoms with Crippen LogP contribution in [0.15, 0.2) is 0 Å². The number of hydrogen-bond donors (Lipinski definition) is 0. The molecule has 0 aromatic rings. The molecule has 114 valence electrons. The SMILES string of the molecule is CCCCC1OC(C(F)(F)F)(C(F)(F)F)OC1CC. The van der Waals surface area contributed by atoms with E-state index in [9.17, 15) is 26.3 Å². The van der Waals surface area contributed by atoms with E-state index in [0.717, 1.165) is 0 Å². The molecular formula is C11H16F6O2. The smallest absolute Gasteiger partial charge is 0.329 e. The van der Waals surface area contributed by atoms with Crippen LogP contribution in [0.25, 0.3) is 0 Å². The van der Waals surface area contributed by atoms with Gasteiger partial charge < -0.3 is 9.47 Å². The molecule has 2 nitrogen and oxygen atoms in total. The number of alkyl halides is 6. The van der Waals surface area contributed by atoms with E-state index in [1.54, 1.807) is 6.92 Å². The highest BCUT2D eigenvalue weighted by Crippen LogP contribution is 2.52. The fourth-order valence-corrected chi connectivity index (χ4v) is 2.03. The molecule has 0 amide bonds. The first-order chi connectivity index (χ1) is 8.59. The van der Waals surface area contributed by atoms with Gasteiger partial charge >= 0.3 is 18.1 Å². The third-order valence-electron chi connectivity index (χ3n) is 3.04. The summed E-state index contributed by atoms with van der Waals surface area (Å²) >= 11 is 0. The molecule has 0 aliphatic carbocycles. The predicted octanol–water partition coefficient (Wildman–Crippen LogP) is 4.19. The summed E-state index contributed by atoms with van der Waals surface area (Å²) in [4.78, 5) is 0. The molecule has 0 radical (unpaired) electrons. The third kappa shape index (κ3) is 2.99. The van der Waals surface area contributed by atoms with Crippen LogP contribution in [0.3, 0.4) is 0 Å². The highest BCUT2D eigenvalue weighted by molar-refractivity contribution is 4.95. The Hall–Kier alpha value is -0.500. The second-order valence-electron chi connectivity index (χ2n) is 4.48. The van der Waals surface area contributed by atoms with Gasteiger partial charge in [-0.15, -0.1) is 0 Å². The van der Waals surface area contributed by atoms with Crippen LogP contribution in [0.5, 0.6) is 0 Å². The lowest BCUT2D eigenvalue weighted by Crippen LogP contribution is -2.58. The summed E-state index contributed by atoms with van der Waals surface area (Å²) in [7, 11) is 0. The maximum Gasteiger partial charge on any atom is 0.453 e. The van der Waals surface area contributed by atoms with Crippen molar-refractivity contribution in [1.29, 1.82) is 0 Å². The molecule has 1 heterocycles. The Morgan fingerprint density at radius 3 is 1.74 bits per heavy atom. The number of rotatable bonds is 4. The van der Waals surface area contributed by atoms with E-state index in [4.69, 9.17) is 0 Å². The molecule has 0 N–H and O–H groups in total. The summed E-state index contributed by atoms with van der Waals surface area (Å²) in [6.45, 7) is 3.26. The summed E-state index contributed by atoms with van der Waals surface area (Å²) in [5.41, 5.74) is 0. The lowest BCUT2D eigenvalue weighted by molar-refractivity contribution is -0.446. The number of halogens is 6. The van der Waals surface area contributed by atoms with Crippen LogP contribution >= 0.6 is 0 Å². The van der Waals surface area contributed by atoms with Gasteiger partial charge in [-0.1, -0.05) is 26.7 Å². The minimum absolute atomic E-state index is 0.0301. The van der Waals surface area contributed by atoms with Gasteiger partial charge in [0, 0.05) is 0 Å². The lowest BCUT2D eigenvalue weighted by Gasteiger charge is -2.31. The normalized spacial score (nSPS) is 27.8. The standard InChI is InChI=1S/C11H16F6O2/c1-3-5-6-8-7(4-2)18-9(19-8,10(12,13)14)11(15,16)17/h7-8H,3-6H2,1-2H3. The minimum Gasteiger partial charge on any atom is -0.329 e. The molecule has 0 saturated carbocycles. The van der Waals surface area contributed by atoms with Gasteiger partial charge in [0.25, 0.3) is 0 Å². The zero-order valence-corrected chi connectivity index (χ0v) is 10.6. The fraction of sp³-hybridized carbons (Fsp3) is 1.00. The van der Waals surface area contributed by atoms with E-state index >= 15 is 0 Å². The van der Waals surface area contributed by atoms with Crippen molar-refractivity contribution in [1.82, 2.24) is 0 Å². The van der Waals surface area contributed by atoms with Crippen molar-refractivity contribution in [3.8, 4) is 0 Å². The maximum atomic E-state index is 12.7. The van der Waals surface area contributed by atoms with Crippen LogP contribution in [0.2, 0.25) is 0 Å².